The standard InChI is InChI=1S/C13H16Cl2N2O3/c1-3-16-13(19)8(2)17-12(18)7-20-9-4-5-10(14)11(15)6-9/h4-6,8H,3,7H2,1-2H3,(H,16,19)(H,17,18). The lowest BCUT2D eigenvalue weighted by Crippen LogP contribution is -2.46. The van der Waals surface area contributed by atoms with Crippen LogP contribution in [0.4, 0.5) is 0 Å². The van der Waals surface area contributed by atoms with Crippen LogP contribution in [0, 0.1) is 0 Å². The predicted octanol–water partition coefficient (Wildman–Crippen LogP) is 2.01. The molecule has 2 amide bonds. The number of carbonyl (C=O) groups is 2. The minimum absolute atomic E-state index is 0.207. The molecule has 1 rings (SSSR count). The highest BCUT2D eigenvalue weighted by molar-refractivity contribution is 6.42. The Bertz CT molecular complexity index is 495. The molecule has 1 aromatic carbocycles. The molecular weight excluding hydrogens is 303 g/mol. The van der Waals surface area contributed by atoms with E-state index in [1.807, 2.05) is 0 Å². The van der Waals surface area contributed by atoms with Crippen molar-refractivity contribution in [2.75, 3.05) is 13.2 Å². The van der Waals surface area contributed by atoms with Crippen LogP contribution in [-0.2, 0) is 9.59 Å². The molecule has 2 N–H and O–H groups in total. The fourth-order valence-corrected chi connectivity index (χ4v) is 1.68. The van der Waals surface area contributed by atoms with Crippen LogP contribution in [0.2, 0.25) is 10.0 Å². The molecule has 0 fully saturated rings. The first-order chi connectivity index (χ1) is 9.43. The van der Waals surface area contributed by atoms with Gasteiger partial charge in [0, 0.05) is 12.6 Å². The molecule has 0 aliphatic rings. The summed E-state index contributed by atoms with van der Waals surface area (Å²) in [5.74, 6) is -0.203. The SMILES string of the molecule is CCNC(=O)C(C)NC(=O)COc1ccc(Cl)c(Cl)c1. The molecule has 7 heteroatoms. The Kier molecular flexibility index (Phi) is 6.61. The maximum atomic E-state index is 11.6. The number of hydrogen-bond donors (Lipinski definition) is 2. The van der Waals surface area contributed by atoms with Crippen LogP contribution in [0.5, 0.6) is 5.75 Å². The van der Waals surface area contributed by atoms with E-state index in [2.05, 4.69) is 10.6 Å². The van der Waals surface area contributed by atoms with Crippen molar-refractivity contribution >= 4 is 35.0 Å². The van der Waals surface area contributed by atoms with E-state index in [1.54, 1.807) is 26.0 Å². The number of likely N-dealkylation sites (N-methyl/N-ethyl adjacent to an activating group) is 1. The molecule has 0 saturated carbocycles. The van der Waals surface area contributed by atoms with Gasteiger partial charge in [0.1, 0.15) is 11.8 Å². The molecule has 0 aliphatic heterocycles. The highest BCUT2D eigenvalue weighted by atomic mass is 35.5. The summed E-state index contributed by atoms with van der Waals surface area (Å²) in [6.07, 6.45) is 0. The molecule has 0 radical (unpaired) electrons. The van der Waals surface area contributed by atoms with Gasteiger partial charge in [-0.3, -0.25) is 9.59 Å². The number of carbonyl (C=O) groups excluding carboxylic acids is 2. The lowest BCUT2D eigenvalue weighted by molar-refractivity contribution is -0.129. The van der Waals surface area contributed by atoms with Gasteiger partial charge in [0.05, 0.1) is 10.0 Å². The molecule has 1 aromatic rings. The molecule has 0 bridgehead atoms. The molecule has 5 nitrogen and oxygen atoms in total. The van der Waals surface area contributed by atoms with Gasteiger partial charge in [-0.15, -0.1) is 0 Å². The van der Waals surface area contributed by atoms with E-state index in [9.17, 15) is 9.59 Å². The van der Waals surface area contributed by atoms with Crippen molar-refractivity contribution in [3.8, 4) is 5.75 Å². The van der Waals surface area contributed by atoms with Crippen molar-refractivity contribution in [1.29, 1.82) is 0 Å². The van der Waals surface area contributed by atoms with Crippen LogP contribution in [0.1, 0.15) is 13.8 Å². The van der Waals surface area contributed by atoms with Gasteiger partial charge in [-0.1, -0.05) is 23.2 Å². The Hall–Kier alpha value is -1.46. The smallest absolute Gasteiger partial charge is 0.258 e. The van der Waals surface area contributed by atoms with Gasteiger partial charge >= 0.3 is 0 Å². The number of halogens is 2. The Morgan fingerprint density at radius 2 is 2.00 bits per heavy atom. The van der Waals surface area contributed by atoms with E-state index in [4.69, 9.17) is 27.9 Å². The van der Waals surface area contributed by atoms with Gasteiger partial charge in [-0.25, -0.2) is 0 Å². The van der Waals surface area contributed by atoms with E-state index in [0.717, 1.165) is 0 Å². The second-order valence-corrected chi connectivity index (χ2v) is 4.86. The largest absolute Gasteiger partial charge is 0.484 e. The summed E-state index contributed by atoms with van der Waals surface area (Å²) >= 11 is 11.6. The third-order valence-corrected chi connectivity index (χ3v) is 3.12. The summed E-state index contributed by atoms with van der Waals surface area (Å²) in [6, 6.07) is 4.09. The highest BCUT2D eigenvalue weighted by Gasteiger charge is 2.14. The Balaban J connectivity index is 2.43. The maximum absolute atomic E-state index is 11.6. The third kappa shape index (κ3) is 5.27. The quantitative estimate of drug-likeness (QED) is 0.843. The van der Waals surface area contributed by atoms with Crippen LogP contribution in [0.3, 0.4) is 0 Å². The Labute approximate surface area is 127 Å². The van der Waals surface area contributed by atoms with Crippen molar-refractivity contribution in [3.63, 3.8) is 0 Å². The summed E-state index contributed by atoms with van der Waals surface area (Å²) in [5, 5.41) is 5.90. The normalized spacial score (nSPS) is 11.6. The van der Waals surface area contributed by atoms with E-state index in [1.165, 1.54) is 6.07 Å². The first-order valence-electron chi connectivity index (χ1n) is 6.09. The van der Waals surface area contributed by atoms with Crippen LogP contribution >= 0.6 is 23.2 Å². The van der Waals surface area contributed by atoms with Crippen LogP contribution in [-0.4, -0.2) is 31.0 Å². The van der Waals surface area contributed by atoms with Gasteiger partial charge < -0.3 is 15.4 Å². The van der Waals surface area contributed by atoms with Gasteiger partial charge in [0.15, 0.2) is 6.61 Å². The highest BCUT2D eigenvalue weighted by Crippen LogP contribution is 2.26. The zero-order chi connectivity index (χ0) is 15.1. The van der Waals surface area contributed by atoms with Crippen molar-refractivity contribution in [2.45, 2.75) is 19.9 Å². The number of nitrogens with one attached hydrogen (secondary N) is 2. The van der Waals surface area contributed by atoms with Crippen molar-refractivity contribution in [3.05, 3.63) is 28.2 Å². The molecule has 110 valence electrons. The minimum Gasteiger partial charge on any atom is -0.484 e. The fourth-order valence-electron chi connectivity index (χ4n) is 1.39. The van der Waals surface area contributed by atoms with Crippen molar-refractivity contribution in [1.82, 2.24) is 10.6 Å². The molecule has 20 heavy (non-hydrogen) atoms. The van der Waals surface area contributed by atoms with Crippen LogP contribution < -0.4 is 15.4 Å². The van der Waals surface area contributed by atoms with Gasteiger partial charge in [-0.2, -0.15) is 0 Å². The lowest BCUT2D eigenvalue weighted by Gasteiger charge is -2.13. The summed E-state index contributed by atoms with van der Waals surface area (Å²) in [4.78, 5) is 23.0. The molecular formula is C13H16Cl2N2O3. The number of amides is 2. The monoisotopic (exact) mass is 318 g/mol. The summed E-state index contributed by atoms with van der Waals surface area (Å²) in [7, 11) is 0. The molecule has 0 aliphatic carbocycles. The third-order valence-electron chi connectivity index (χ3n) is 2.38. The average molecular weight is 319 g/mol. The van der Waals surface area contributed by atoms with E-state index in [0.29, 0.717) is 22.3 Å². The molecule has 0 heterocycles. The van der Waals surface area contributed by atoms with Gasteiger partial charge in [-0.05, 0) is 26.0 Å². The fraction of sp³-hybridized carbons (Fsp3) is 0.385. The summed E-state index contributed by atoms with van der Waals surface area (Å²) < 4.78 is 5.26. The molecule has 1 unspecified atom stereocenters. The molecule has 0 spiro atoms. The van der Waals surface area contributed by atoms with Gasteiger partial charge in [0.2, 0.25) is 5.91 Å². The summed E-state index contributed by atoms with van der Waals surface area (Å²) in [6.45, 7) is 3.71. The number of benzene rings is 1. The summed E-state index contributed by atoms with van der Waals surface area (Å²) in [5.41, 5.74) is 0. The number of rotatable bonds is 6. The van der Waals surface area contributed by atoms with E-state index < -0.39 is 11.9 Å². The number of hydrogen-bond acceptors (Lipinski definition) is 3. The maximum Gasteiger partial charge on any atom is 0.258 e. The predicted molar refractivity (Wildman–Crippen MR) is 78.2 cm³/mol. The Morgan fingerprint density at radius 3 is 2.60 bits per heavy atom. The second-order valence-electron chi connectivity index (χ2n) is 4.05. The zero-order valence-electron chi connectivity index (χ0n) is 11.2. The van der Waals surface area contributed by atoms with E-state index in [-0.39, 0.29) is 12.5 Å². The second kappa shape index (κ2) is 7.97. The first-order valence-corrected chi connectivity index (χ1v) is 6.84. The minimum atomic E-state index is -0.611. The topological polar surface area (TPSA) is 67.4 Å². The first kappa shape index (κ1) is 16.6. The van der Waals surface area contributed by atoms with E-state index >= 15 is 0 Å². The zero-order valence-corrected chi connectivity index (χ0v) is 12.7. The van der Waals surface area contributed by atoms with Crippen LogP contribution in [0.25, 0.3) is 0 Å². The molecule has 1 atom stereocenters. The molecule has 0 aromatic heterocycles. The Morgan fingerprint density at radius 1 is 1.30 bits per heavy atom. The molecule has 0 saturated heterocycles. The van der Waals surface area contributed by atoms with Crippen LogP contribution in [0.15, 0.2) is 18.2 Å². The van der Waals surface area contributed by atoms with Gasteiger partial charge in [0.25, 0.3) is 5.91 Å². The number of ether oxygens (including phenoxy) is 1. The van der Waals surface area contributed by atoms with Crippen molar-refractivity contribution in [2.24, 2.45) is 0 Å². The van der Waals surface area contributed by atoms with Crippen molar-refractivity contribution < 1.29 is 14.3 Å². The average Bonchev–Trinajstić information content (AvgIpc) is 2.40. The lowest BCUT2D eigenvalue weighted by atomic mass is 10.3.